The van der Waals surface area contributed by atoms with Gasteiger partial charge in [-0.15, -0.1) is 0 Å². The van der Waals surface area contributed by atoms with Gasteiger partial charge in [-0.05, 0) is 66.6 Å². The van der Waals surface area contributed by atoms with E-state index in [9.17, 15) is 0 Å². The molecule has 0 spiro atoms. The first-order valence-electron chi connectivity index (χ1n) is 8.32. The monoisotopic (exact) mass is 313 g/mol. The Morgan fingerprint density at radius 1 is 1.00 bits per heavy atom. The molecule has 22 heavy (non-hydrogen) atoms. The number of fused-ring (bicyclic) bond motifs is 1. The Labute approximate surface area is 138 Å². The van der Waals surface area contributed by atoms with Gasteiger partial charge in [0.15, 0.2) is 0 Å². The van der Waals surface area contributed by atoms with E-state index in [4.69, 9.17) is 11.6 Å². The maximum absolute atomic E-state index is 5.93. The van der Waals surface area contributed by atoms with E-state index in [1.165, 1.54) is 42.6 Å². The molecule has 0 aliphatic carbocycles. The van der Waals surface area contributed by atoms with Gasteiger partial charge in [0.2, 0.25) is 0 Å². The van der Waals surface area contributed by atoms with E-state index >= 15 is 0 Å². The second kappa shape index (κ2) is 7.30. The fourth-order valence-corrected chi connectivity index (χ4v) is 3.36. The molecule has 1 aliphatic rings. The Bertz CT molecular complexity index is 618. The summed E-state index contributed by atoms with van der Waals surface area (Å²) < 4.78 is 0. The van der Waals surface area contributed by atoms with Gasteiger partial charge < -0.3 is 0 Å². The standard InChI is InChI=1S/C20H24ClN/c1-2-16-5-8-18-11-13-22(15-19(18)14-16)12-3-4-17-6-9-20(21)10-7-17/h5-10,14H,2-4,11-13,15H2,1H3. The van der Waals surface area contributed by atoms with Crippen molar-refractivity contribution in [2.24, 2.45) is 0 Å². The third-order valence-corrected chi connectivity index (χ3v) is 4.88. The van der Waals surface area contributed by atoms with Gasteiger partial charge in [0, 0.05) is 18.1 Å². The van der Waals surface area contributed by atoms with Crippen molar-refractivity contribution in [1.29, 1.82) is 0 Å². The third kappa shape index (κ3) is 3.91. The third-order valence-electron chi connectivity index (χ3n) is 4.62. The highest BCUT2D eigenvalue weighted by Crippen LogP contribution is 2.21. The van der Waals surface area contributed by atoms with Gasteiger partial charge >= 0.3 is 0 Å². The molecule has 0 bridgehead atoms. The fourth-order valence-electron chi connectivity index (χ4n) is 3.24. The van der Waals surface area contributed by atoms with Gasteiger partial charge in [-0.3, -0.25) is 4.90 Å². The van der Waals surface area contributed by atoms with Crippen molar-refractivity contribution < 1.29 is 0 Å². The first-order valence-corrected chi connectivity index (χ1v) is 8.70. The summed E-state index contributed by atoms with van der Waals surface area (Å²) in [5.41, 5.74) is 5.93. The van der Waals surface area contributed by atoms with Crippen LogP contribution in [-0.2, 0) is 25.8 Å². The minimum Gasteiger partial charge on any atom is -0.299 e. The average Bonchev–Trinajstić information content (AvgIpc) is 2.56. The number of hydrogen-bond donors (Lipinski definition) is 0. The van der Waals surface area contributed by atoms with Crippen LogP contribution in [0.1, 0.15) is 35.6 Å². The minimum absolute atomic E-state index is 0.822. The van der Waals surface area contributed by atoms with Crippen LogP contribution in [0.15, 0.2) is 42.5 Å². The highest BCUT2D eigenvalue weighted by atomic mass is 35.5. The normalized spacial score (nSPS) is 14.8. The summed E-state index contributed by atoms with van der Waals surface area (Å²) in [6, 6.07) is 15.3. The lowest BCUT2D eigenvalue weighted by Crippen LogP contribution is -2.31. The predicted molar refractivity (Wildman–Crippen MR) is 94.6 cm³/mol. The Kier molecular flexibility index (Phi) is 5.17. The number of rotatable bonds is 5. The van der Waals surface area contributed by atoms with Gasteiger partial charge in [0.05, 0.1) is 0 Å². The van der Waals surface area contributed by atoms with Crippen LogP contribution in [0, 0.1) is 0 Å². The number of benzene rings is 2. The zero-order valence-electron chi connectivity index (χ0n) is 13.3. The molecule has 2 heteroatoms. The maximum Gasteiger partial charge on any atom is 0.0406 e. The van der Waals surface area contributed by atoms with Crippen molar-refractivity contribution in [3.8, 4) is 0 Å². The van der Waals surface area contributed by atoms with Crippen LogP contribution in [0.2, 0.25) is 5.02 Å². The van der Waals surface area contributed by atoms with Crippen LogP contribution in [0.4, 0.5) is 0 Å². The molecule has 0 radical (unpaired) electrons. The molecular weight excluding hydrogens is 290 g/mol. The Balaban J connectivity index is 1.52. The van der Waals surface area contributed by atoms with Crippen molar-refractivity contribution in [3.05, 3.63) is 69.7 Å². The topological polar surface area (TPSA) is 3.24 Å². The molecule has 0 aromatic heterocycles. The molecule has 0 amide bonds. The lowest BCUT2D eigenvalue weighted by Gasteiger charge is -2.29. The zero-order chi connectivity index (χ0) is 15.4. The second-order valence-electron chi connectivity index (χ2n) is 6.21. The Hall–Kier alpha value is -1.31. The van der Waals surface area contributed by atoms with E-state index in [2.05, 4.69) is 42.2 Å². The summed E-state index contributed by atoms with van der Waals surface area (Å²) in [7, 11) is 0. The number of aryl methyl sites for hydroxylation is 2. The largest absolute Gasteiger partial charge is 0.299 e. The molecule has 1 aliphatic heterocycles. The van der Waals surface area contributed by atoms with Crippen LogP contribution in [-0.4, -0.2) is 18.0 Å². The van der Waals surface area contributed by atoms with E-state index in [-0.39, 0.29) is 0 Å². The van der Waals surface area contributed by atoms with Crippen molar-refractivity contribution in [3.63, 3.8) is 0 Å². The molecule has 0 fully saturated rings. The lowest BCUT2D eigenvalue weighted by molar-refractivity contribution is 0.251. The van der Waals surface area contributed by atoms with Crippen LogP contribution in [0.3, 0.4) is 0 Å². The highest BCUT2D eigenvalue weighted by Gasteiger charge is 2.15. The SMILES string of the molecule is CCc1ccc2c(c1)CN(CCCc1ccc(Cl)cc1)CC2. The van der Waals surface area contributed by atoms with Crippen LogP contribution in [0.25, 0.3) is 0 Å². The van der Waals surface area contributed by atoms with Crippen LogP contribution in [0.5, 0.6) is 0 Å². The summed E-state index contributed by atoms with van der Waals surface area (Å²) in [5, 5.41) is 0.822. The first-order chi connectivity index (χ1) is 10.7. The van der Waals surface area contributed by atoms with Gasteiger partial charge in [-0.25, -0.2) is 0 Å². The van der Waals surface area contributed by atoms with E-state index in [0.29, 0.717) is 0 Å². The number of halogens is 1. The molecule has 3 rings (SSSR count). The summed E-state index contributed by atoms with van der Waals surface area (Å²) in [6.07, 6.45) is 4.67. The molecule has 0 atom stereocenters. The van der Waals surface area contributed by atoms with Crippen molar-refractivity contribution in [2.45, 2.75) is 39.2 Å². The van der Waals surface area contributed by atoms with E-state index < -0.39 is 0 Å². The highest BCUT2D eigenvalue weighted by molar-refractivity contribution is 6.30. The van der Waals surface area contributed by atoms with Gasteiger partial charge in [0.1, 0.15) is 0 Å². The average molecular weight is 314 g/mol. The summed E-state index contributed by atoms with van der Waals surface area (Å²) in [6.45, 7) is 5.72. The van der Waals surface area contributed by atoms with E-state index in [0.717, 1.165) is 24.4 Å². The quantitative estimate of drug-likeness (QED) is 0.759. The summed E-state index contributed by atoms with van der Waals surface area (Å²) in [5.74, 6) is 0. The van der Waals surface area contributed by atoms with Crippen LogP contribution < -0.4 is 0 Å². The fraction of sp³-hybridized carbons (Fsp3) is 0.400. The molecule has 0 N–H and O–H groups in total. The molecule has 0 saturated heterocycles. The number of hydrogen-bond acceptors (Lipinski definition) is 1. The summed E-state index contributed by atoms with van der Waals surface area (Å²) in [4.78, 5) is 2.59. The molecule has 116 valence electrons. The van der Waals surface area contributed by atoms with Crippen molar-refractivity contribution >= 4 is 11.6 Å². The Morgan fingerprint density at radius 3 is 2.55 bits per heavy atom. The lowest BCUT2D eigenvalue weighted by atomic mass is 9.96. The summed E-state index contributed by atoms with van der Waals surface area (Å²) >= 11 is 5.93. The molecule has 1 nitrogen and oxygen atoms in total. The predicted octanol–water partition coefficient (Wildman–Crippen LogP) is 4.89. The van der Waals surface area contributed by atoms with Crippen molar-refractivity contribution in [1.82, 2.24) is 4.90 Å². The molecule has 0 saturated carbocycles. The van der Waals surface area contributed by atoms with Gasteiger partial charge in [-0.2, -0.15) is 0 Å². The molecule has 2 aromatic rings. The van der Waals surface area contributed by atoms with Gasteiger partial charge in [0.25, 0.3) is 0 Å². The zero-order valence-corrected chi connectivity index (χ0v) is 14.1. The van der Waals surface area contributed by atoms with E-state index in [1.54, 1.807) is 5.56 Å². The molecular formula is C20H24ClN. The van der Waals surface area contributed by atoms with Gasteiger partial charge in [-0.1, -0.05) is 48.9 Å². The van der Waals surface area contributed by atoms with E-state index in [1.807, 2.05) is 12.1 Å². The van der Waals surface area contributed by atoms with Crippen molar-refractivity contribution in [2.75, 3.05) is 13.1 Å². The number of nitrogens with zero attached hydrogens (tertiary/aromatic N) is 1. The second-order valence-corrected chi connectivity index (χ2v) is 6.65. The minimum atomic E-state index is 0.822. The smallest absolute Gasteiger partial charge is 0.0406 e. The molecule has 2 aromatic carbocycles. The maximum atomic E-state index is 5.93. The molecule has 0 unspecified atom stereocenters. The molecule has 1 heterocycles. The van der Waals surface area contributed by atoms with Crippen LogP contribution >= 0.6 is 11.6 Å². The Morgan fingerprint density at radius 2 is 1.77 bits per heavy atom. The first kappa shape index (κ1) is 15.6.